The molecule has 2 unspecified atom stereocenters. The van der Waals surface area contributed by atoms with Crippen LogP contribution in [0.25, 0.3) is 0 Å². The molecule has 3 aliphatic carbocycles. The number of fused-ring (bicyclic) bond motifs is 2. The summed E-state index contributed by atoms with van der Waals surface area (Å²) in [6, 6.07) is 2.27. The zero-order chi connectivity index (χ0) is 10.6. The molecule has 0 aromatic heterocycles. The van der Waals surface area contributed by atoms with Crippen molar-refractivity contribution in [3.63, 3.8) is 0 Å². The van der Waals surface area contributed by atoms with E-state index >= 15 is 0 Å². The molecule has 1 saturated heterocycles. The van der Waals surface area contributed by atoms with Crippen molar-refractivity contribution in [2.75, 3.05) is 0 Å². The Bertz CT molecular complexity index is 387. The second-order valence-corrected chi connectivity index (χ2v) is 4.85. The van der Waals surface area contributed by atoms with Gasteiger partial charge in [0.2, 0.25) is 0 Å². The summed E-state index contributed by atoms with van der Waals surface area (Å²) in [5.41, 5.74) is -0.608. The van der Waals surface area contributed by atoms with Crippen LogP contribution in [-0.2, 0) is 14.3 Å². The Balaban J connectivity index is 2.10. The number of esters is 2. The fraction of sp³-hybridized carbons (Fsp3) is 0.727. The van der Waals surface area contributed by atoms with Crippen LogP contribution in [0.3, 0.4) is 0 Å². The first-order valence-electron chi connectivity index (χ1n) is 5.35. The molecule has 4 fully saturated rings. The number of rotatable bonds is 0. The van der Waals surface area contributed by atoms with E-state index in [1.807, 2.05) is 0 Å². The molecule has 2 atom stereocenters. The fourth-order valence-electron chi connectivity index (χ4n) is 3.55. The van der Waals surface area contributed by atoms with E-state index in [2.05, 4.69) is 10.8 Å². The van der Waals surface area contributed by atoms with Crippen LogP contribution >= 0.6 is 0 Å². The molecule has 0 amide bonds. The Morgan fingerprint density at radius 3 is 2.53 bits per heavy atom. The molecule has 4 aliphatic rings. The maximum Gasteiger partial charge on any atom is 0.319 e. The summed E-state index contributed by atoms with van der Waals surface area (Å²) in [6.45, 7) is 0. The van der Waals surface area contributed by atoms with Crippen LogP contribution in [0.4, 0.5) is 0 Å². The summed E-state index contributed by atoms with van der Waals surface area (Å²) in [4.78, 5) is 23.1. The number of hydrogen-bond donors (Lipinski definition) is 0. The molecule has 4 nitrogen and oxygen atoms in total. The quantitative estimate of drug-likeness (QED) is 0.437. The Hall–Kier alpha value is -1.37. The molecular weight excluding hydrogens is 194 g/mol. The lowest BCUT2D eigenvalue weighted by Gasteiger charge is -2.47. The predicted octanol–water partition coefficient (Wildman–Crippen LogP) is 1.02. The molecule has 0 radical (unpaired) electrons. The maximum atomic E-state index is 11.6. The van der Waals surface area contributed by atoms with Crippen molar-refractivity contribution in [1.82, 2.24) is 0 Å². The second kappa shape index (κ2) is 2.60. The van der Waals surface area contributed by atoms with Crippen molar-refractivity contribution in [3.05, 3.63) is 0 Å². The highest BCUT2D eigenvalue weighted by molar-refractivity contribution is 5.97. The highest BCUT2D eigenvalue weighted by Gasteiger charge is 2.63. The van der Waals surface area contributed by atoms with Crippen LogP contribution in [0.2, 0.25) is 0 Å². The minimum absolute atomic E-state index is 0.268. The molecule has 4 heteroatoms. The smallest absolute Gasteiger partial charge is 0.319 e. The number of nitriles is 1. The molecule has 0 N–H and O–H groups in total. The summed E-state index contributed by atoms with van der Waals surface area (Å²) in [5, 5.41) is 9.25. The number of ether oxygens (including phenoxy) is 1. The molecule has 4 rings (SSSR count). The van der Waals surface area contributed by atoms with Gasteiger partial charge >= 0.3 is 11.9 Å². The number of nitrogens with zero attached hydrogens (tertiary/aromatic N) is 1. The van der Waals surface area contributed by atoms with Gasteiger partial charge in [-0.1, -0.05) is 0 Å². The van der Waals surface area contributed by atoms with E-state index in [4.69, 9.17) is 0 Å². The summed E-state index contributed by atoms with van der Waals surface area (Å²) < 4.78 is 4.69. The molecule has 0 aromatic carbocycles. The van der Waals surface area contributed by atoms with Crippen LogP contribution in [0.15, 0.2) is 0 Å². The Morgan fingerprint density at radius 2 is 1.93 bits per heavy atom. The summed E-state index contributed by atoms with van der Waals surface area (Å²) in [5.74, 6) is -1.38. The van der Waals surface area contributed by atoms with Gasteiger partial charge in [0, 0.05) is 0 Å². The molecule has 15 heavy (non-hydrogen) atoms. The molecular formula is C11H11NO3. The standard InChI is InChI=1S/C11H11NO3/c12-5-11-3-1-6(2-4-11)7-8(11)10(14)15-9(7)13/h6-8H,1-4H2. The molecule has 78 valence electrons. The minimum Gasteiger partial charge on any atom is -0.393 e. The van der Waals surface area contributed by atoms with Crippen molar-refractivity contribution in [2.24, 2.45) is 23.2 Å². The van der Waals surface area contributed by atoms with Crippen molar-refractivity contribution in [2.45, 2.75) is 25.7 Å². The van der Waals surface area contributed by atoms with Gasteiger partial charge in [-0.2, -0.15) is 5.26 Å². The first kappa shape index (κ1) is 8.90. The average molecular weight is 205 g/mol. The van der Waals surface area contributed by atoms with Gasteiger partial charge in [-0.05, 0) is 31.6 Å². The van der Waals surface area contributed by atoms with Crippen molar-refractivity contribution >= 4 is 11.9 Å². The van der Waals surface area contributed by atoms with Gasteiger partial charge in [0.1, 0.15) is 0 Å². The minimum atomic E-state index is -0.608. The molecule has 0 spiro atoms. The van der Waals surface area contributed by atoms with Gasteiger partial charge in [-0.3, -0.25) is 9.59 Å². The lowest BCUT2D eigenvalue weighted by atomic mass is 9.52. The van der Waals surface area contributed by atoms with E-state index in [1.165, 1.54) is 0 Å². The third-order valence-electron chi connectivity index (χ3n) is 4.33. The van der Waals surface area contributed by atoms with Crippen LogP contribution in [-0.4, -0.2) is 11.9 Å². The number of carbonyl (C=O) groups excluding carboxylic acids is 2. The molecule has 3 saturated carbocycles. The monoisotopic (exact) mass is 205 g/mol. The zero-order valence-electron chi connectivity index (χ0n) is 8.23. The van der Waals surface area contributed by atoms with Gasteiger partial charge in [0.25, 0.3) is 0 Å². The summed E-state index contributed by atoms with van der Waals surface area (Å²) in [7, 11) is 0. The zero-order valence-corrected chi connectivity index (χ0v) is 8.23. The second-order valence-electron chi connectivity index (χ2n) is 4.85. The molecule has 0 aromatic rings. The first-order chi connectivity index (χ1) is 7.18. The highest BCUT2D eigenvalue weighted by atomic mass is 16.6. The Labute approximate surface area is 87.2 Å². The predicted molar refractivity (Wildman–Crippen MR) is 48.1 cm³/mol. The number of hydrogen-bond acceptors (Lipinski definition) is 4. The topological polar surface area (TPSA) is 67.2 Å². The van der Waals surface area contributed by atoms with Crippen molar-refractivity contribution in [1.29, 1.82) is 5.26 Å². The van der Waals surface area contributed by atoms with Crippen LogP contribution in [0.1, 0.15) is 25.7 Å². The lowest BCUT2D eigenvalue weighted by Crippen LogP contribution is -2.49. The molecule has 2 bridgehead atoms. The fourth-order valence-corrected chi connectivity index (χ4v) is 3.55. The van der Waals surface area contributed by atoms with Gasteiger partial charge < -0.3 is 4.74 Å². The largest absolute Gasteiger partial charge is 0.393 e. The van der Waals surface area contributed by atoms with Crippen LogP contribution in [0, 0.1) is 34.5 Å². The van der Waals surface area contributed by atoms with E-state index in [9.17, 15) is 14.9 Å². The third kappa shape index (κ3) is 0.909. The van der Waals surface area contributed by atoms with E-state index in [0.29, 0.717) is 0 Å². The first-order valence-corrected chi connectivity index (χ1v) is 5.35. The summed E-state index contributed by atoms with van der Waals surface area (Å²) >= 11 is 0. The van der Waals surface area contributed by atoms with Gasteiger partial charge in [0.15, 0.2) is 0 Å². The van der Waals surface area contributed by atoms with Gasteiger partial charge in [-0.25, -0.2) is 0 Å². The van der Waals surface area contributed by atoms with Gasteiger partial charge in [-0.15, -0.1) is 0 Å². The molecule has 1 aliphatic heterocycles. The normalized spacial score (nSPS) is 47.3. The van der Waals surface area contributed by atoms with Crippen LogP contribution in [0.5, 0.6) is 0 Å². The van der Waals surface area contributed by atoms with Gasteiger partial charge in [0.05, 0.1) is 23.3 Å². The van der Waals surface area contributed by atoms with Crippen molar-refractivity contribution < 1.29 is 14.3 Å². The maximum absolute atomic E-state index is 11.6. The average Bonchev–Trinajstić information content (AvgIpc) is 2.59. The number of carbonyl (C=O) groups is 2. The highest BCUT2D eigenvalue weighted by Crippen LogP contribution is 2.59. The summed E-state index contributed by atoms with van der Waals surface area (Å²) in [6.07, 6.45) is 3.27. The van der Waals surface area contributed by atoms with Crippen molar-refractivity contribution in [3.8, 4) is 6.07 Å². The number of cyclic esters (lactones) is 2. The van der Waals surface area contributed by atoms with Crippen LogP contribution < -0.4 is 0 Å². The van der Waals surface area contributed by atoms with E-state index < -0.39 is 23.3 Å². The molecule has 1 heterocycles. The van der Waals surface area contributed by atoms with E-state index in [0.717, 1.165) is 25.7 Å². The van der Waals surface area contributed by atoms with E-state index in [-0.39, 0.29) is 11.8 Å². The Kier molecular flexibility index (Phi) is 1.54. The SMILES string of the molecule is N#CC12CCC(CC1)C1C(=O)OC(=O)C12. The third-order valence-corrected chi connectivity index (χ3v) is 4.33. The Morgan fingerprint density at radius 1 is 1.27 bits per heavy atom. The lowest BCUT2D eigenvalue weighted by molar-refractivity contribution is -0.154. The van der Waals surface area contributed by atoms with E-state index in [1.54, 1.807) is 0 Å².